The van der Waals surface area contributed by atoms with E-state index in [1.165, 1.54) is 72.8 Å². The highest BCUT2D eigenvalue weighted by atomic mass is 16.6. The van der Waals surface area contributed by atoms with E-state index in [-0.39, 0.29) is 53.9 Å². The van der Waals surface area contributed by atoms with Crippen molar-refractivity contribution in [3.05, 3.63) is 72.8 Å². The minimum atomic E-state index is -0.883. The van der Waals surface area contributed by atoms with Crippen LogP contribution in [0, 0.1) is 5.92 Å². The van der Waals surface area contributed by atoms with Crippen molar-refractivity contribution in [3.8, 4) is 0 Å². The molecule has 0 aliphatic rings. The summed E-state index contributed by atoms with van der Waals surface area (Å²) < 4.78 is 15.6. The molecule has 3 rings (SSSR count). The molecule has 43 heavy (non-hydrogen) atoms. The molecule has 0 radical (unpaired) electrons. The molecule has 3 aromatic rings. The smallest absolute Gasteiger partial charge is 0.411 e. The number of nitrogens with zero attached hydrogens (tertiary/aromatic N) is 3. The van der Waals surface area contributed by atoms with Gasteiger partial charge in [-0.25, -0.2) is 28.8 Å². The maximum absolute atomic E-state index is 12.4. The van der Waals surface area contributed by atoms with E-state index in [0.717, 1.165) is 0 Å². The van der Waals surface area contributed by atoms with Gasteiger partial charge in [0.1, 0.15) is 19.8 Å². The molecule has 3 N–H and O–H groups in total. The van der Waals surface area contributed by atoms with Crippen LogP contribution in [-0.4, -0.2) is 56.3 Å². The normalized spacial score (nSPS) is 10.3. The lowest BCUT2D eigenvalue weighted by atomic mass is 10.2. The van der Waals surface area contributed by atoms with Gasteiger partial charge in [0.2, 0.25) is 18.2 Å². The van der Waals surface area contributed by atoms with E-state index < -0.39 is 24.2 Å². The zero-order valence-corrected chi connectivity index (χ0v) is 22.1. The highest BCUT2D eigenvalue weighted by molar-refractivity contribution is 5.86. The largest absolute Gasteiger partial charge is 0.449 e. The monoisotopic (exact) mass is 586 g/mol. The summed E-state index contributed by atoms with van der Waals surface area (Å²) in [6, 6.07) is 18.1. The van der Waals surface area contributed by atoms with Crippen LogP contribution in [0.1, 0.15) is 0 Å². The quantitative estimate of drug-likeness (QED) is 0.144. The van der Waals surface area contributed by atoms with Gasteiger partial charge in [-0.1, -0.05) is 18.2 Å². The first-order valence-electron chi connectivity index (χ1n) is 12.2. The van der Waals surface area contributed by atoms with E-state index in [2.05, 4.69) is 30.9 Å². The average molecular weight is 587 g/mol. The highest BCUT2D eigenvalue weighted by Gasteiger charge is 2.18. The summed E-state index contributed by atoms with van der Waals surface area (Å²) in [6.45, 7) is -1.02. The number of anilines is 3. The lowest BCUT2D eigenvalue weighted by Gasteiger charge is -2.18. The predicted octanol–water partition coefficient (Wildman–Crippen LogP) is 5.25. The Hall–Kier alpha value is -6.39. The first kappa shape index (κ1) is 31.1. The molecule has 0 heterocycles. The number of ether oxygens (including phenoxy) is 3. The number of benzene rings is 3. The molecule has 218 valence electrons. The van der Waals surface area contributed by atoms with E-state index in [1.54, 1.807) is 18.2 Å². The molecule has 15 heteroatoms. The van der Waals surface area contributed by atoms with Crippen molar-refractivity contribution >= 4 is 70.6 Å². The SMILES string of the molecule is O=C=Nc1cccc(NC(=O)OCC(COC(=O)Nc2cccc(N=C=O)c2)COC(=O)Nc2cccc(N=C=O)c2)c1. The van der Waals surface area contributed by atoms with Crippen LogP contribution in [0.5, 0.6) is 0 Å². The maximum Gasteiger partial charge on any atom is 0.411 e. The maximum atomic E-state index is 12.4. The lowest BCUT2D eigenvalue weighted by molar-refractivity contribution is 0.0610. The Bertz CT molecular complexity index is 1420. The molecule has 15 nitrogen and oxygen atoms in total. The Morgan fingerprint density at radius 1 is 0.558 bits per heavy atom. The van der Waals surface area contributed by atoms with Crippen LogP contribution in [0.3, 0.4) is 0 Å². The van der Waals surface area contributed by atoms with Crippen LogP contribution in [0.4, 0.5) is 48.5 Å². The molecule has 0 spiro atoms. The molecular weight excluding hydrogens is 564 g/mol. The number of hydrogen-bond acceptors (Lipinski definition) is 12. The summed E-state index contributed by atoms with van der Waals surface area (Å²) >= 11 is 0. The molecule has 0 saturated carbocycles. The lowest BCUT2D eigenvalue weighted by Crippen LogP contribution is -2.29. The van der Waals surface area contributed by atoms with Crippen LogP contribution >= 0.6 is 0 Å². The first-order chi connectivity index (χ1) is 20.9. The number of hydrogen-bond donors (Lipinski definition) is 3. The number of isocyanates is 3. The summed E-state index contributed by atoms with van der Waals surface area (Å²) in [5, 5.41) is 7.38. The number of rotatable bonds is 12. The summed E-state index contributed by atoms with van der Waals surface area (Å²) in [5.41, 5.74) is 1.63. The standard InChI is InChI=1S/C28H22N6O9/c35-16-29-20-4-1-7-23(10-20)32-26(38)41-13-19(14-42-27(39)33-24-8-2-5-21(11-24)30-17-36)15-43-28(40)34-25-9-3-6-22(12-25)31-18-37/h1-12,19H,13-15H2,(H,32,38)(H,33,39)(H,34,40). The molecule has 3 aromatic carbocycles. The Balaban J connectivity index is 1.60. The van der Waals surface area contributed by atoms with Crippen molar-refractivity contribution < 1.29 is 43.0 Å². The molecule has 0 aromatic heterocycles. The Morgan fingerprint density at radius 3 is 1.14 bits per heavy atom. The minimum absolute atomic E-state index is 0.261. The van der Waals surface area contributed by atoms with Gasteiger partial charge < -0.3 is 14.2 Å². The highest BCUT2D eigenvalue weighted by Crippen LogP contribution is 2.20. The zero-order valence-electron chi connectivity index (χ0n) is 22.1. The van der Waals surface area contributed by atoms with Crippen molar-refractivity contribution in [2.45, 2.75) is 0 Å². The molecule has 3 amide bonds. The summed E-state index contributed by atoms with van der Waals surface area (Å²) in [5.74, 6) is -0.815. The second-order valence-electron chi connectivity index (χ2n) is 8.30. The second-order valence-corrected chi connectivity index (χ2v) is 8.30. The Labute approximate surface area is 243 Å². The topological polar surface area (TPSA) is 203 Å². The Kier molecular flexibility index (Phi) is 12.1. The molecule has 0 saturated heterocycles. The number of carbonyl (C=O) groups excluding carboxylic acids is 6. The molecule has 0 aliphatic carbocycles. The van der Waals surface area contributed by atoms with Gasteiger partial charge in [-0.15, -0.1) is 0 Å². The summed E-state index contributed by atoms with van der Waals surface area (Å²) in [6.07, 6.45) is 1.54. The van der Waals surface area contributed by atoms with Gasteiger partial charge in [0, 0.05) is 17.1 Å². The van der Waals surface area contributed by atoms with Crippen molar-refractivity contribution in [1.29, 1.82) is 0 Å². The number of carbonyl (C=O) groups is 3. The van der Waals surface area contributed by atoms with Crippen molar-refractivity contribution in [3.63, 3.8) is 0 Å². The van der Waals surface area contributed by atoms with E-state index in [1.807, 2.05) is 0 Å². The molecular formula is C28H22N6O9. The molecule has 0 atom stereocenters. The van der Waals surface area contributed by atoms with Crippen LogP contribution in [0.15, 0.2) is 87.8 Å². The van der Waals surface area contributed by atoms with Crippen molar-refractivity contribution in [1.82, 2.24) is 0 Å². The third kappa shape index (κ3) is 11.3. The Morgan fingerprint density at radius 2 is 0.860 bits per heavy atom. The van der Waals surface area contributed by atoms with Gasteiger partial charge in [0.25, 0.3) is 0 Å². The van der Waals surface area contributed by atoms with E-state index in [0.29, 0.717) is 0 Å². The third-order valence-corrected chi connectivity index (χ3v) is 5.15. The van der Waals surface area contributed by atoms with E-state index in [9.17, 15) is 28.8 Å². The third-order valence-electron chi connectivity index (χ3n) is 5.15. The van der Waals surface area contributed by atoms with Gasteiger partial charge >= 0.3 is 18.3 Å². The van der Waals surface area contributed by atoms with Crippen LogP contribution in [-0.2, 0) is 28.6 Å². The van der Waals surface area contributed by atoms with Gasteiger partial charge in [0.15, 0.2) is 0 Å². The van der Waals surface area contributed by atoms with E-state index >= 15 is 0 Å². The average Bonchev–Trinajstić information content (AvgIpc) is 2.98. The fourth-order valence-corrected chi connectivity index (χ4v) is 3.30. The minimum Gasteiger partial charge on any atom is -0.449 e. The van der Waals surface area contributed by atoms with Crippen molar-refractivity contribution in [2.75, 3.05) is 35.8 Å². The summed E-state index contributed by atoms with van der Waals surface area (Å²) in [7, 11) is 0. The van der Waals surface area contributed by atoms with Gasteiger partial charge in [0.05, 0.1) is 23.0 Å². The molecule has 0 aliphatic heterocycles. The number of amides is 3. The van der Waals surface area contributed by atoms with Crippen LogP contribution in [0.25, 0.3) is 0 Å². The van der Waals surface area contributed by atoms with E-state index in [4.69, 9.17) is 14.2 Å². The van der Waals surface area contributed by atoms with Gasteiger partial charge in [-0.3, -0.25) is 16.0 Å². The first-order valence-corrected chi connectivity index (χ1v) is 12.2. The van der Waals surface area contributed by atoms with Crippen LogP contribution < -0.4 is 16.0 Å². The molecule has 0 unspecified atom stereocenters. The van der Waals surface area contributed by atoms with Gasteiger partial charge in [-0.2, -0.15) is 15.0 Å². The number of nitrogens with one attached hydrogen (secondary N) is 3. The fourth-order valence-electron chi connectivity index (χ4n) is 3.30. The fraction of sp³-hybridized carbons (Fsp3) is 0.143. The van der Waals surface area contributed by atoms with Crippen LogP contribution in [0.2, 0.25) is 0 Å². The number of aliphatic imine (C=N–C) groups is 3. The zero-order chi connectivity index (χ0) is 30.9. The second kappa shape index (κ2) is 16.7. The molecule has 0 fully saturated rings. The summed E-state index contributed by atoms with van der Waals surface area (Å²) in [4.78, 5) is 78.9. The van der Waals surface area contributed by atoms with Gasteiger partial charge in [-0.05, 0) is 54.6 Å². The van der Waals surface area contributed by atoms with Crippen molar-refractivity contribution in [2.24, 2.45) is 20.9 Å². The predicted molar refractivity (Wildman–Crippen MR) is 151 cm³/mol. The molecule has 0 bridgehead atoms.